The zero-order valence-corrected chi connectivity index (χ0v) is 12.3. The van der Waals surface area contributed by atoms with Gasteiger partial charge in [-0.25, -0.2) is 4.79 Å². The molecule has 108 valence electrons. The minimum Gasteiger partial charge on any atom is -0.462 e. The van der Waals surface area contributed by atoms with E-state index in [1.165, 1.54) is 6.42 Å². The second-order valence-electron chi connectivity index (χ2n) is 4.99. The van der Waals surface area contributed by atoms with E-state index in [1.807, 2.05) is 18.2 Å². The van der Waals surface area contributed by atoms with E-state index in [2.05, 4.69) is 12.1 Å². The molecule has 0 atom stereocenters. The van der Waals surface area contributed by atoms with E-state index in [9.17, 15) is 10.1 Å². The largest absolute Gasteiger partial charge is 0.462 e. The number of benzene rings is 1. The first kappa shape index (κ1) is 15.1. The van der Waals surface area contributed by atoms with Gasteiger partial charge in [-0.15, -0.1) is 0 Å². The van der Waals surface area contributed by atoms with Crippen molar-refractivity contribution in [3.8, 4) is 6.07 Å². The molecule has 0 N–H and O–H groups in total. The lowest BCUT2D eigenvalue weighted by Crippen LogP contribution is -2.04. The summed E-state index contributed by atoms with van der Waals surface area (Å²) in [6, 6.07) is 9.42. The van der Waals surface area contributed by atoms with Crippen molar-refractivity contribution < 1.29 is 9.53 Å². The molecule has 21 heavy (non-hydrogen) atoms. The average Bonchev–Trinajstić information content (AvgIpc) is 2.54. The molecule has 0 fully saturated rings. The Balaban J connectivity index is 2.18. The van der Waals surface area contributed by atoms with Gasteiger partial charge in [-0.1, -0.05) is 18.2 Å². The summed E-state index contributed by atoms with van der Waals surface area (Å²) in [5, 5.41) is 9.32. The van der Waals surface area contributed by atoms with Gasteiger partial charge in [-0.05, 0) is 62.0 Å². The first-order chi connectivity index (χ1) is 10.2. The summed E-state index contributed by atoms with van der Waals surface area (Å²) in [5.74, 6) is -0.316. The topological polar surface area (TPSA) is 50.1 Å². The molecule has 0 bridgehead atoms. The number of ether oxygens (including phenoxy) is 1. The zero-order chi connectivity index (χ0) is 15.1. The highest BCUT2D eigenvalue weighted by atomic mass is 16.5. The molecule has 0 heterocycles. The van der Waals surface area contributed by atoms with Crippen molar-refractivity contribution in [2.24, 2.45) is 0 Å². The lowest BCUT2D eigenvalue weighted by atomic mass is 9.93. The molecule has 0 radical (unpaired) electrons. The summed E-state index contributed by atoms with van der Waals surface area (Å²) in [6.45, 7) is 2.15. The van der Waals surface area contributed by atoms with Crippen molar-refractivity contribution in [3.05, 3.63) is 52.6 Å². The smallest absolute Gasteiger partial charge is 0.338 e. The molecule has 1 aliphatic carbocycles. The first-order valence-electron chi connectivity index (χ1n) is 7.33. The van der Waals surface area contributed by atoms with Crippen LogP contribution in [0, 0.1) is 11.3 Å². The van der Waals surface area contributed by atoms with Gasteiger partial charge in [0.15, 0.2) is 0 Å². The monoisotopic (exact) mass is 281 g/mol. The van der Waals surface area contributed by atoms with E-state index < -0.39 is 0 Å². The van der Waals surface area contributed by atoms with E-state index >= 15 is 0 Å². The van der Waals surface area contributed by atoms with Gasteiger partial charge in [0.2, 0.25) is 0 Å². The maximum Gasteiger partial charge on any atom is 0.338 e. The van der Waals surface area contributed by atoms with Crippen molar-refractivity contribution in [2.45, 2.75) is 32.6 Å². The molecule has 0 saturated carbocycles. The van der Waals surface area contributed by atoms with Crippen LogP contribution in [0.25, 0.3) is 6.08 Å². The van der Waals surface area contributed by atoms with Gasteiger partial charge < -0.3 is 4.74 Å². The second kappa shape index (κ2) is 7.44. The fourth-order valence-electron chi connectivity index (χ4n) is 2.38. The molecule has 3 nitrogen and oxygen atoms in total. The van der Waals surface area contributed by atoms with Crippen LogP contribution in [-0.2, 0) is 4.74 Å². The highest BCUT2D eigenvalue weighted by molar-refractivity contribution is 5.89. The third-order valence-corrected chi connectivity index (χ3v) is 3.49. The van der Waals surface area contributed by atoms with Gasteiger partial charge in [0.1, 0.15) is 0 Å². The molecular weight excluding hydrogens is 262 g/mol. The number of nitriles is 1. The maximum absolute atomic E-state index is 11.6. The van der Waals surface area contributed by atoms with Crippen molar-refractivity contribution in [1.29, 1.82) is 5.26 Å². The van der Waals surface area contributed by atoms with E-state index in [-0.39, 0.29) is 5.97 Å². The van der Waals surface area contributed by atoms with Crippen molar-refractivity contribution in [1.82, 2.24) is 0 Å². The Morgan fingerprint density at radius 1 is 1.33 bits per heavy atom. The molecule has 1 aromatic rings. The van der Waals surface area contributed by atoms with Crippen LogP contribution in [0.15, 0.2) is 41.5 Å². The minimum atomic E-state index is -0.316. The van der Waals surface area contributed by atoms with Crippen molar-refractivity contribution >= 4 is 12.0 Å². The quantitative estimate of drug-likeness (QED) is 0.611. The number of hydrogen-bond donors (Lipinski definition) is 0. The first-order valence-corrected chi connectivity index (χ1v) is 7.33. The Morgan fingerprint density at radius 2 is 2.10 bits per heavy atom. The van der Waals surface area contributed by atoms with E-state index in [0.29, 0.717) is 12.2 Å². The molecule has 0 aliphatic heterocycles. The van der Waals surface area contributed by atoms with Gasteiger partial charge in [0, 0.05) is 0 Å². The highest BCUT2D eigenvalue weighted by Crippen LogP contribution is 2.25. The lowest BCUT2D eigenvalue weighted by molar-refractivity contribution is 0.0526. The molecule has 2 rings (SSSR count). The number of rotatable bonds is 4. The Labute approximate surface area is 125 Å². The maximum atomic E-state index is 11.6. The van der Waals surface area contributed by atoms with Crippen molar-refractivity contribution in [2.75, 3.05) is 6.61 Å². The van der Waals surface area contributed by atoms with Crippen LogP contribution in [0.5, 0.6) is 0 Å². The summed E-state index contributed by atoms with van der Waals surface area (Å²) < 4.78 is 4.95. The number of esters is 1. The normalized spacial score (nSPS) is 15.0. The van der Waals surface area contributed by atoms with Gasteiger partial charge in [-0.2, -0.15) is 5.26 Å². The summed E-state index contributed by atoms with van der Waals surface area (Å²) in [5.41, 5.74) is 3.31. The van der Waals surface area contributed by atoms with Crippen LogP contribution >= 0.6 is 0 Å². The second-order valence-corrected chi connectivity index (χ2v) is 4.99. The number of carbonyl (C=O) groups is 1. The number of nitrogens with zero attached hydrogens (tertiary/aromatic N) is 1. The van der Waals surface area contributed by atoms with E-state index in [4.69, 9.17) is 4.74 Å². The fraction of sp³-hybridized carbons (Fsp3) is 0.333. The van der Waals surface area contributed by atoms with Gasteiger partial charge in [0.05, 0.1) is 23.8 Å². The molecule has 1 aliphatic rings. The Kier molecular flexibility index (Phi) is 5.34. The third-order valence-electron chi connectivity index (χ3n) is 3.49. The van der Waals surface area contributed by atoms with Gasteiger partial charge in [0.25, 0.3) is 0 Å². The molecule has 0 amide bonds. The molecule has 1 aromatic carbocycles. The number of carbonyl (C=O) groups excluding carboxylic acids is 1. The highest BCUT2D eigenvalue weighted by Gasteiger charge is 2.09. The Hall–Kier alpha value is -2.34. The van der Waals surface area contributed by atoms with Crippen LogP contribution in [0.2, 0.25) is 0 Å². The third kappa shape index (κ3) is 4.06. The summed E-state index contributed by atoms with van der Waals surface area (Å²) in [6.07, 6.45) is 8.41. The summed E-state index contributed by atoms with van der Waals surface area (Å²) >= 11 is 0. The Morgan fingerprint density at radius 3 is 2.67 bits per heavy atom. The van der Waals surface area contributed by atoms with Gasteiger partial charge in [-0.3, -0.25) is 0 Å². The standard InChI is InChI=1S/C18H19NO2/c1-2-21-18(20)16-10-8-14(9-11-16)12-17(13-19)15-6-4-3-5-7-15/h6,8-12H,2-5,7H2,1H3/b17-12+. The molecular formula is C18H19NO2. The predicted molar refractivity (Wildman–Crippen MR) is 82.5 cm³/mol. The van der Waals surface area contributed by atoms with Crippen LogP contribution in [-0.4, -0.2) is 12.6 Å². The van der Waals surface area contributed by atoms with E-state index in [0.717, 1.165) is 36.0 Å². The van der Waals surface area contributed by atoms with Crippen LogP contribution < -0.4 is 0 Å². The SMILES string of the molecule is CCOC(=O)c1ccc(/C=C(\C#N)C2=CCCCC2)cc1. The predicted octanol–water partition coefficient (Wildman–Crippen LogP) is 4.27. The van der Waals surface area contributed by atoms with Crippen LogP contribution in [0.3, 0.4) is 0 Å². The average molecular weight is 281 g/mol. The molecule has 0 saturated heterocycles. The molecule has 0 spiro atoms. The molecule has 0 aromatic heterocycles. The van der Waals surface area contributed by atoms with Crippen LogP contribution in [0.4, 0.5) is 0 Å². The minimum absolute atomic E-state index is 0.316. The van der Waals surface area contributed by atoms with Crippen LogP contribution in [0.1, 0.15) is 48.5 Å². The van der Waals surface area contributed by atoms with Gasteiger partial charge >= 0.3 is 5.97 Å². The number of hydrogen-bond acceptors (Lipinski definition) is 3. The Bertz CT molecular complexity index is 603. The molecule has 0 unspecified atom stereocenters. The number of allylic oxidation sites excluding steroid dienone is 3. The summed E-state index contributed by atoms with van der Waals surface area (Å²) in [4.78, 5) is 11.6. The zero-order valence-electron chi connectivity index (χ0n) is 12.3. The van der Waals surface area contributed by atoms with E-state index in [1.54, 1.807) is 19.1 Å². The fourth-order valence-corrected chi connectivity index (χ4v) is 2.38. The summed E-state index contributed by atoms with van der Waals surface area (Å²) in [7, 11) is 0. The van der Waals surface area contributed by atoms with Crippen molar-refractivity contribution in [3.63, 3.8) is 0 Å². The molecule has 3 heteroatoms. The lowest BCUT2D eigenvalue weighted by Gasteiger charge is -2.11.